The van der Waals surface area contributed by atoms with Crippen molar-refractivity contribution < 1.29 is 14.7 Å². The smallest absolute Gasteiger partial charge is 0.271 e. The van der Waals surface area contributed by atoms with Gasteiger partial charge in [-0.1, -0.05) is 6.07 Å². The number of fused-ring (bicyclic) bond motifs is 1. The first-order valence-corrected chi connectivity index (χ1v) is 12.7. The van der Waals surface area contributed by atoms with Gasteiger partial charge in [-0.2, -0.15) is 0 Å². The Labute approximate surface area is 194 Å². The van der Waals surface area contributed by atoms with Crippen LogP contribution in [0.3, 0.4) is 0 Å². The van der Waals surface area contributed by atoms with Crippen molar-refractivity contribution in [3.8, 4) is 0 Å². The van der Waals surface area contributed by atoms with Gasteiger partial charge in [-0.25, -0.2) is 4.98 Å². The van der Waals surface area contributed by atoms with Crippen molar-refractivity contribution in [2.24, 2.45) is 23.2 Å². The van der Waals surface area contributed by atoms with Gasteiger partial charge < -0.3 is 15.7 Å². The molecule has 5 saturated carbocycles. The lowest BCUT2D eigenvalue weighted by atomic mass is 9.49. The monoisotopic (exact) mass is 450 g/mol. The average molecular weight is 451 g/mol. The maximum Gasteiger partial charge on any atom is 0.271 e. The van der Waals surface area contributed by atoms with Gasteiger partial charge in [0.1, 0.15) is 17.2 Å². The van der Waals surface area contributed by atoms with E-state index in [1.165, 1.54) is 38.5 Å². The number of nitrogens with zero attached hydrogens (tertiary/aromatic N) is 2. The number of aromatic nitrogens is 2. The van der Waals surface area contributed by atoms with Gasteiger partial charge in [-0.05, 0) is 99.5 Å². The Balaban J connectivity index is 1.14. The number of pyridine rings is 1. The van der Waals surface area contributed by atoms with E-state index in [9.17, 15) is 14.7 Å². The van der Waals surface area contributed by atoms with E-state index in [-0.39, 0.29) is 29.4 Å². The Kier molecular flexibility index (Phi) is 5.20. The van der Waals surface area contributed by atoms with Crippen molar-refractivity contribution >= 4 is 23.3 Å². The van der Waals surface area contributed by atoms with Crippen molar-refractivity contribution in [1.29, 1.82) is 0 Å². The molecule has 0 aromatic carbocycles. The molecule has 7 nitrogen and oxygen atoms in total. The molecule has 0 aliphatic heterocycles. The van der Waals surface area contributed by atoms with E-state index < -0.39 is 0 Å². The molecule has 0 unspecified atom stereocenters. The maximum atomic E-state index is 13.1. The Hall–Kier alpha value is -2.41. The second kappa shape index (κ2) is 8.12. The number of hydrogen-bond donors (Lipinski definition) is 3. The van der Waals surface area contributed by atoms with E-state index in [1.807, 2.05) is 18.2 Å². The lowest BCUT2D eigenvalue weighted by Gasteiger charge is -2.56. The Morgan fingerprint density at radius 3 is 2.36 bits per heavy atom. The van der Waals surface area contributed by atoms with Crippen LogP contribution < -0.4 is 10.6 Å². The molecular formula is C26H34N4O3. The molecule has 2 aromatic rings. The summed E-state index contributed by atoms with van der Waals surface area (Å²) in [6.45, 7) is 0. The zero-order chi connectivity index (χ0) is 22.6. The molecule has 0 saturated heterocycles. The highest BCUT2D eigenvalue weighted by Crippen LogP contribution is 2.61. The van der Waals surface area contributed by atoms with Crippen molar-refractivity contribution in [2.45, 2.75) is 82.8 Å². The molecule has 5 fully saturated rings. The van der Waals surface area contributed by atoms with E-state index in [0.29, 0.717) is 23.6 Å². The van der Waals surface area contributed by atoms with Gasteiger partial charge >= 0.3 is 0 Å². The molecule has 5 aliphatic carbocycles. The van der Waals surface area contributed by atoms with E-state index >= 15 is 0 Å². The molecule has 3 N–H and O–H groups in total. The topological polar surface area (TPSA) is 95.7 Å². The minimum Gasteiger partial charge on any atom is -0.393 e. The zero-order valence-electron chi connectivity index (χ0n) is 19.1. The summed E-state index contributed by atoms with van der Waals surface area (Å²) >= 11 is 0. The van der Waals surface area contributed by atoms with Crippen molar-refractivity contribution in [3.63, 3.8) is 0 Å². The summed E-state index contributed by atoms with van der Waals surface area (Å²) in [5, 5.41) is 15.9. The molecule has 7 heteroatoms. The number of nitrogens with one attached hydrogen (secondary N) is 2. The third-order valence-corrected chi connectivity index (χ3v) is 8.72. The molecule has 5 aliphatic rings. The fraction of sp³-hybridized carbons (Fsp3) is 0.654. The summed E-state index contributed by atoms with van der Waals surface area (Å²) in [6, 6.07) is 5.66. The molecule has 0 radical (unpaired) electrons. The van der Waals surface area contributed by atoms with Gasteiger partial charge in [0, 0.05) is 18.7 Å². The molecule has 176 valence electrons. The number of hydrogen-bond acceptors (Lipinski definition) is 4. The van der Waals surface area contributed by atoms with Crippen LogP contribution in [0.5, 0.6) is 0 Å². The fourth-order valence-corrected chi connectivity index (χ4v) is 7.74. The van der Waals surface area contributed by atoms with Crippen LogP contribution in [0.15, 0.2) is 24.4 Å². The Bertz CT molecular complexity index is 1030. The van der Waals surface area contributed by atoms with Crippen molar-refractivity contribution in [1.82, 2.24) is 14.7 Å². The number of amides is 2. The minimum atomic E-state index is -0.252. The van der Waals surface area contributed by atoms with Crippen molar-refractivity contribution in [2.75, 3.05) is 5.32 Å². The Morgan fingerprint density at radius 2 is 1.70 bits per heavy atom. The molecular weight excluding hydrogens is 416 g/mol. The SMILES string of the molecule is O=C(CC12CC3CC(CC(C3)C1)C2)Nc1cccc2nc(C(=O)N[C@H]3CC[C@H](O)CC3)cn12. The van der Waals surface area contributed by atoms with Crippen LogP contribution in [0, 0.1) is 23.2 Å². The summed E-state index contributed by atoms with van der Waals surface area (Å²) in [4.78, 5) is 30.4. The van der Waals surface area contributed by atoms with E-state index in [2.05, 4.69) is 15.6 Å². The molecule has 2 amide bonds. The average Bonchev–Trinajstić information content (AvgIpc) is 3.20. The van der Waals surface area contributed by atoms with Crippen LogP contribution >= 0.6 is 0 Å². The van der Waals surface area contributed by atoms with E-state index in [1.54, 1.807) is 10.6 Å². The predicted molar refractivity (Wildman–Crippen MR) is 125 cm³/mol. The van der Waals surface area contributed by atoms with Crippen LogP contribution in [0.4, 0.5) is 5.82 Å². The third kappa shape index (κ3) is 4.16. The van der Waals surface area contributed by atoms with Crippen LogP contribution in [0.25, 0.3) is 5.65 Å². The van der Waals surface area contributed by atoms with Crippen LogP contribution in [0.2, 0.25) is 0 Å². The standard InChI is InChI=1S/C26H34N4O3/c31-20-6-4-19(5-7-20)27-25(33)21-15-30-22(28-21)2-1-3-23(30)29-24(32)14-26-11-16-8-17(12-26)10-18(9-16)13-26/h1-3,15-20,31H,4-14H2,(H,27,33)(H,29,32)/t16?,17?,18?,19-,20-,26?. The number of aliphatic hydroxyl groups is 1. The zero-order valence-corrected chi connectivity index (χ0v) is 19.1. The molecule has 0 atom stereocenters. The number of imidazole rings is 1. The lowest BCUT2D eigenvalue weighted by Crippen LogP contribution is -2.47. The number of carbonyl (C=O) groups is 2. The number of rotatable bonds is 5. The quantitative estimate of drug-likeness (QED) is 0.644. The Morgan fingerprint density at radius 1 is 1.03 bits per heavy atom. The highest BCUT2D eigenvalue weighted by atomic mass is 16.3. The predicted octanol–water partition coefficient (Wildman–Crippen LogP) is 3.91. The normalized spacial score (nSPS) is 35.0. The van der Waals surface area contributed by atoms with Gasteiger partial charge in [0.05, 0.1) is 6.10 Å². The number of aliphatic hydroxyl groups excluding tert-OH is 1. The maximum absolute atomic E-state index is 13.1. The largest absolute Gasteiger partial charge is 0.393 e. The van der Waals surface area contributed by atoms with E-state index in [0.717, 1.165) is 43.4 Å². The first-order valence-electron chi connectivity index (χ1n) is 12.7. The summed E-state index contributed by atoms with van der Waals surface area (Å²) in [7, 11) is 0. The first kappa shape index (κ1) is 21.1. The number of anilines is 1. The van der Waals surface area contributed by atoms with Crippen LogP contribution in [-0.2, 0) is 4.79 Å². The fourth-order valence-electron chi connectivity index (χ4n) is 7.74. The summed E-state index contributed by atoms with van der Waals surface area (Å²) in [6.07, 6.45) is 12.8. The van der Waals surface area contributed by atoms with E-state index in [4.69, 9.17) is 0 Å². The second-order valence-electron chi connectivity index (χ2n) is 11.4. The summed E-state index contributed by atoms with van der Waals surface area (Å²) < 4.78 is 1.80. The second-order valence-corrected chi connectivity index (χ2v) is 11.4. The van der Waals surface area contributed by atoms with Gasteiger partial charge in [0.25, 0.3) is 5.91 Å². The number of carbonyl (C=O) groups excluding carboxylic acids is 2. The summed E-state index contributed by atoms with van der Waals surface area (Å²) in [5.74, 6) is 3.02. The molecule has 7 rings (SSSR count). The van der Waals surface area contributed by atoms with Crippen LogP contribution in [0.1, 0.15) is 81.1 Å². The molecule has 33 heavy (non-hydrogen) atoms. The lowest BCUT2D eigenvalue weighted by molar-refractivity contribution is -0.124. The molecule has 2 heterocycles. The molecule has 4 bridgehead atoms. The molecule has 2 aromatic heterocycles. The van der Waals surface area contributed by atoms with Crippen LogP contribution in [-0.4, -0.2) is 38.5 Å². The minimum absolute atomic E-state index is 0.0740. The van der Waals surface area contributed by atoms with Gasteiger partial charge in [-0.3, -0.25) is 14.0 Å². The van der Waals surface area contributed by atoms with Gasteiger partial charge in [-0.15, -0.1) is 0 Å². The van der Waals surface area contributed by atoms with Gasteiger partial charge in [0.2, 0.25) is 5.91 Å². The highest BCUT2D eigenvalue weighted by Gasteiger charge is 2.51. The highest BCUT2D eigenvalue weighted by molar-refractivity contribution is 5.94. The third-order valence-electron chi connectivity index (χ3n) is 8.72. The summed E-state index contributed by atoms with van der Waals surface area (Å²) in [5.41, 5.74) is 1.19. The first-order chi connectivity index (χ1) is 15.9. The van der Waals surface area contributed by atoms with Crippen molar-refractivity contribution in [3.05, 3.63) is 30.1 Å². The van der Waals surface area contributed by atoms with Gasteiger partial charge in [0.15, 0.2) is 0 Å². The molecule has 0 spiro atoms.